The van der Waals surface area contributed by atoms with Crippen LogP contribution < -0.4 is 16.0 Å². The van der Waals surface area contributed by atoms with Gasteiger partial charge in [-0.1, -0.05) is 42.5 Å². The first-order valence-corrected chi connectivity index (χ1v) is 11.0. The van der Waals surface area contributed by atoms with E-state index in [-0.39, 0.29) is 17.9 Å². The molecule has 0 spiro atoms. The number of carbonyl (C=O) groups excluding carboxylic acids is 2. The van der Waals surface area contributed by atoms with Crippen molar-refractivity contribution >= 4 is 28.9 Å². The summed E-state index contributed by atoms with van der Waals surface area (Å²) < 4.78 is 0. The predicted molar refractivity (Wildman–Crippen MR) is 126 cm³/mol. The highest BCUT2D eigenvalue weighted by atomic mass is 16.2. The van der Waals surface area contributed by atoms with Gasteiger partial charge in [0.1, 0.15) is 0 Å². The molecule has 2 aliphatic heterocycles. The fraction of sp³-hybridized carbons (Fsp3) is 0.231. The van der Waals surface area contributed by atoms with Crippen molar-refractivity contribution in [2.45, 2.75) is 25.4 Å². The second-order valence-corrected chi connectivity index (χ2v) is 8.39. The van der Waals surface area contributed by atoms with Crippen molar-refractivity contribution in [2.75, 3.05) is 23.7 Å². The van der Waals surface area contributed by atoms with Gasteiger partial charge < -0.3 is 16.0 Å². The fourth-order valence-electron chi connectivity index (χ4n) is 4.37. The van der Waals surface area contributed by atoms with Crippen LogP contribution in [0.3, 0.4) is 0 Å². The van der Waals surface area contributed by atoms with E-state index in [0.29, 0.717) is 16.8 Å². The van der Waals surface area contributed by atoms with E-state index in [1.807, 2.05) is 30.3 Å². The molecule has 6 nitrogen and oxygen atoms in total. The number of nitrogens with one attached hydrogen (secondary N) is 3. The predicted octanol–water partition coefficient (Wildman–Crippen LogP) is 4.39. The van der Waals surface area contributed by atoms with E-state index in [4.69, 9.17) is 0 Å². The molecular weight excluding hydrogens is 400 g/mol. The number of para-hydroxylation sites is 1. The number of rotatable bonds is 4. The summed E-state index contributed by atoms with van der Waals surface area (Å²) in [7, 11) is 0. The minimum Gasteiger partial charge on any atom is -0.353 e. The lowest BCUT2D eigenvalue weighted by Gasteiger charge is -2.32. The second kappa shape index (κ2) is 8.85. The molecule has 0 bridgehead atoms. The number of anilines is 3. The largest absolute Gasteiger partial charge is 0.353 e. The molecule has 1 saturated heterocycles. The minimum absolute atomic E-state index is 0.106. The Morgan fingerprint density at radius 2 is 1.62 bits per heavy atom. The molecule has 0 aromatic heterocycles. The molecule has 0 aliphatic carbocycles. The summed E-state index contributed by atoms with van der Waals surface area (Å²) in [4.78, 5) is 27.9. The zero-order valence-corrected chi connectivity index (χ0v) is 17.8. The number of likely N-dealkylation sites (tertiary alicyclic amines) is 1. The van der Waals surface area contributed by atoms with Gasteiger partial charge in [-0.05, 0) is 48.7 Å². The average Bonchev–Trinajstić information content (AvgIpc) is 2.96. The molecule has 3 N–H and O–H groups in total. The second-order valence-electron chi connectivity index (χ2n) is 8.39. The van der Waals surface area contributed by atoms with Crippen LogP contribution in [0.1, 0.15) is 39.1 Å². The third-order valence-electron chi connectivity index (χ3n) is 6.14. The maximum atomic E-state index is 12.9. The van der Waals surface area contributed by atoms with Gasteiger partial charge in [0.15, 0.2) is 0 Å². The highest BCUT2D eigenvalue weighted by Crippen LogP contribution is 2.32. The van der Waals surface area contributed by atoms with Gasteiger partial charge >= 0.3 is 0 Å². The van der Waals surface area contributed by atoms with Gasteiger partial charge in [0, 0.05) is 31.2 Å². The summed E-state index contributed by atoms with van der Waals surface area (Å²) in [6, 6.07) is 23.4. The summed E-state index contributed by atoms with van der Waals surface area (Å²) in [5.74, 6) is -0.291. The topological polar surface area (TPSA) is 73.5 Å². The van der Waals surface area contributed by atoms with Gasteiger partial charge in [0.2, 0.25) is 0 Å². The molecule has 3 aromatic carbocycles. The van der Waals surface area contributed by atoms with Crippen molar-refractivity contribution in [3.8, 4) is 0 Å². The molecule has 6 heteroatoms. The zero-order chi connectivity index (χ0) is 21.9. The van der Waals surface area contributed by atoms with Crippen molar-refractivity contribution in [3.63, 3.8) is 0 Å². The number of nitrogens with zero attached hydrogens (tertiary/aromatic N) is 1. The van der Waals surface area contributed by atoms with Crippen LogP contribution >= 0.6 is 0 Å². The molecule has 1 fully saturated rings. The van der Waals surface area contributed by atoms with E-state index in [9.17, 15) is 9.59 Å². The van der Waals surface area contributed by atoms with Gasteiger partial charge in [-0.2, -0.15) is 0 Å². The molecule has 2 amide bonds. The molecule has 162 valence electrons. The van der Waals surface area contributed by atoms with Gasteiger partial charge in [0.25, 0.3) is 11.8 Å². The molecule has 0 radical (unpaired) electrons. The van der Waals surface area contributed by atoms with Crippen molar-refractivity contribution in [1.29, 1.82) is 0 Å². The Morgan fingerprint density at radius 1 is 0.875 bits per heavy atom. The van der Waals surface area contributed by atoms with Crippen LogP contribution in [0.25, 0.3) is 0 Å². The summed E-state index contributed by atoms with van der Waals surface area (Å²) in [6.45, 7) is 2.87. The monoisotopic (exact) mass is 426 g/mol. The van der Waals surface area contributed by atoms with Crippen LogP contribution in [0.2, 0.25) is 0 Å². The SMILES string of the molecule is O=C(NC1CCN(Cc2ccccc2)CC1)c1ccc2c(c1)NC(=O)c1ccccc1N2. The maximum absolute atomic E-state index is 12.9. The molecule has 0 saturated carbocycles. The summed E-state index contributed by atoms with van der Waals surface area (Å²) in [5.41, 5.74) is 4.58. The lowest BCUT2D eigenvalue weighted by molar-refractivity contribution is 0.0908. The third kappa shape index (κ3) is 4.36. The molecule has 0 unspecified atom stereocenters. The standard InChI is InChI=1S/C26H26N4O2/c31-25(27-20-12-14-30(15-13-20)17-18-6-2-1-3-7-18)19-10-11-23-24(16-19)29-26(32)21-8-4-5-9-22(21)28-23/h1-11,16,20,28H,12-15,17H2,(H,27,31)(H,29,32). The van der Waals surface area contributed by atoms with Crippen LogP contribution in [-0.2, 0) is 6.54 Å². The molecular formula is C26H26N4O2. The number of fused-ring (bicyclic) bond motifs is 2. The van der Waals surface area contributed by atoms with Gasteiger partial charge in [0.05, 0.1) is 22.6 Å². The van der Waals surface area contributed by atoms with Crippen molar-refractivity contribution in [2.24, 2.45) is 0 Å². The molecule has 5 rings (SSSR count). The number of piperidine rings is 1. The van der Waals surface area contributed by atoms with Crippen molar-refractivity contribution in [3.05, 3.63) is 89.5 Å². The van der Waals surface area contributed by atoms with Crippen LogP contribution in [0, 0.1) is 0 Å². The lowest BCUT2D eigenvalue weighted by atomic mass is 10.0. The molecule has 3 aromatic rings. The Labute approximate surface area is 187 Å². The zero-order valence-electron chi connectivity index (χ0n) is 17.8. The van der Waals surface area contributed by atoms with E-state index in [1.54, 1.807) is 18.2 Å². The number of amides is 2. The highest BCUT2D eigenvalue weighted by molar-refractivity contribution is 6.12. The Bertz CT molecular complexity index is 1140. The number of hydrogen-bond donors (Lipinski definition) is 3. The van der Waals surface area contributed by atoms with Crippen LogP contribution in [0.15, 0.2) is 72.8 Å². The highest BCUT2D eigenvalue weighted by Gasteiger charge is 2.23. The van der Waals surface area contributed by atoms with E-state index < -0.39 is 0 Å². The van der Waals surface area contributed by atoms with Gasteiger partial charge in [-0.25, -0.2) is 0 Å². The number of hydrogen-bond acceptors (Lipinski definition) is 4. The van der Waals surface area contributed by atoms with E-state index in [0.717, 1.165) is 43.9 Å². The maximum Gasteiger partial charge on any atom is 0.257 e. The van der Waals surface area contributed by atoms with Crippen molar-refractivity contribution < 1.29 is 9.59 Å². The normalized spacial score (nSPS) is 16.2. The molecule has 32 heavy (non-hydrogen) atoms. The van der Waals surface area contributed by atoms with E-state index >= 15 is 0 Å². The Hall–Kier alpha value is -3.64. The number of carbonyl (C=O) groups is 2. The smallest absolute Gasteiger partial charge is 0.257 e. The number of benzene rings is 3. The Balaban J connectivity index is 1.21. The Kier molecular flexibility index (Phi) is 5.60. The van der Waals surface area contributed by atoms with Gasteiger partial charge in [-0.15, -0.1) is 0 Å². The van der Waals surface area contributed by atoms with Crippen LogP contribution in [0.4, 0.5) is 17.1 Å². The average molecular weight is 427 g/mol. The van der Waals surface area contributed by atoms with Crippen LogP contribution in [-0.4, -0.2) is 35.8 Å². The quantitative estimate of drug-likeness (QED) is 0.579. The lowest BCUT2D eigenvalue weighted by Crippen LogP contribution is -2.44. The molecule has 2 heterocycles. The summed E-state index contributed by atoms with van der Waals surface area (Å²) >= 11 is 0. The molecule has 0 atom stereocenters. The third-order valence-corrected chi connectivity index (χ3v) is 6.14. The van der Waals surface area contributed by atoms with Crippen LogP contribution in [0.5, 0.6) is 0 Å². The summed E-state index contributed by atoms with van der Waals surface area (Å²) in [5, 5.41) is 9.38. The fourth-order valence-corrected chi connectivity index (χ4v) is 4.37. The molecule has 2 aliphatic rings. The van der Waals surface area contributed by atoms with Gasteiger partial charge in [-0.3, -0.25) is 14.5 Å². The summed E-state index contributed by atoms with van der Waals surface area (Å²) in [6.07, 6.45) is 1.86. The Morgan fingerprint density at radius 3 is 2.44 bits per heavy atom. The van der Waals surface area contributed by atoms with E-state index in [1.165, 1.54) is 5.56 Å². The first-order chi connectivity index (χ1) is 15.7. The van der Waals surface area contributed by atoms with E-state index in [2.05, 4.69) is 45.1 Å². The van der Waals surface area contributed by atoms with Crippen molar-refractivity contribution in [1.82, 2.24) is 10.2 Å². The minimum atomic E-state index is -0.185. The first-order valence-electron chi connectivity index (χ1n) is 11.0. The first kappa shape index (κ1) is 20.3.